The van der Waals surface area contributed by atoms with Gasteiger partial charge in [-0.05, 0) is 54.1 Å². The van der Waals surface area contributed by atoms with Crippen LogP contribution in [-0.4, -0.2) is 25.0 Å². The van der Waals surface area contributed by atoms with E-state index in [4.69, 9.17) is 14.5 Å². The summed E-state index contributed by atoms with van der Waals surface area (Å²) in [7, 11) is 3.31. The predicted molar refractivity (Wildman–Crippen MR) is 122 cm³/mol. The molecule has 1 aliphatic rings. The number of hydrogen-bond donors (Lipinski definition) is 2. The molecule has 0 spiro atoms. The highest BCUT2D eigenvalue weighted by Gasteiger charge is 2.29. The van der Waals surface area contributed by atoms with Crippen molar-refractivity contribution in [1.82, 2.24) is 5.32 Å². The van der Waals surface area contributed by atoms with Crippen LogP contribution in [0.4, 0.5) is 0 Å². The maximum atomic E-state index is 10.5. The molecular formula is C24H23BrN2O3. The van der Waals surface area contributed by atoms with Gasteiger partial charge in [0.1, 0.15) is 23.4 Å². The molecule has 2 unspecified atom stereocenters. The van der Waals surface area contributed by atoms with Crippen LogP contribution in [0.15, 0.2) is 76.2 Å². The maximum Gasteiger partial charge on any atom is 0.130 e. The number of nitrogens with zero attached hydrogens (tertiary/aromatic N) is 1. The van der Waals surface area contributed by atoms with Crippen molar-refractivity contribution < 1.29 is 14.6 Å². The topological polar surface area (TPSA) is 63.1 Å². The molecule has 0 saturated heterocycles. The molecule has 30 heavy (non-hydrogen) atoms. The highest BCUT2D eigenvalue weighted by atomic mass is 79.9. The van der Waals surface area contributed by atoms with Gasteiger partial charge in [0.25, 0.3) is 0 Å². The van der Waals surface area contributed by atoms with Crippen molar-refractivity contribution in [2.24, 2.45) is 4.99 Å². The zero-order chi connectivity index (χ0) is 21.1. The van der Waals surface area contributed by atoms with Crippen LogP contribution in [0.2, 0.25) is 0 Å². The SMILES string of the molecule is COc1ccc(C2=NC(c3cc(Br)ccc3OC)NC(c3ccccc3O)C2)cc1. The lowest BCUT2D eigenvalue weighted by atomic mass is 9.93. The van der Waals surface area contributed by atoms with Crippen molar-refractivity contribution in [3.05, 3.63) is 87.9 Å². The summed E-state index contributed by atoms with van der Waals surface area (Å²) in [5.41, 5.74) is 3.75. The molecule has 6 heteroatoms. The summed E-state index contributed by atoms with van der Waals surface area (Å²) in [5, 5.41) is 14.0. The third kappa shape index (κ3) is 4.20. The van der Waals surface area contributed by atoms with Gasteiger partial charge in [0.2, 0.25) is 0 Å². The second-order valence-corrected chi connectivity index (χ2v) is 7.99. The van der Waals surface area contributed by atoms with E-state index in [2.05, 4.69) is 21.2 Å². The van der Waals surface area contributed by atoms with Crippen molar-refractivity contribution in [2.45, 2.75) is 18.6 Å². The van der Waals surface area contributed by atoms with Gasteiger partial charge in [-0.3, -0.25) is 10.3 Å². The number of phenols is 1. The molecule has 0 radical (unpaired) electrons. The lowest BCUT2D eigenvalue weighted by molar-refractivity contribution is 0.381. The normalized spacial score (nSPS) is 18.6. The van der Waals surface area contributed by atoms with Crippen LogP contribution >= 0.6 is 15.9 Å². The fourth-order valence-electron chi connectivity index (χ4n) is 3.72. The van der Waals surface area contributed by atoms with Gasteiger partial charge in [-0.15, -0.1) is 0 Å². The molecule has 0 bridgehead atoms. The Hall–Kier alpha value is -2.83. The van der Waals surface area contributed by atoms with Gasteiger partial charge in [-0.25, -0.2) is 0 Å². The smallest absolute Gasteiger partial charge is 0.130 e. The molecular weight excluding hydrogens is 444 g/mol. The number of ether oxygens (including phenoxy) is 2. The standard InChI is InChI=1S/C24H23BrN2O3/c1-29-17-10-7-15(8-11-17)20-14-21(18-5-3-4-6-22(18)28)27-24(26-20)19-13-16(25)9-12-23(19)30-2/h3-13,21,24,27-28H,14H2,1-2H3. The van der Waals surface area contributed by atoms with Crippen LogP contribution < -0.4 is 14.8 Å². The van der Waals surface area contributed by atoms with E-state index >= 15 is 0 Å². The lowest BCUT2D eigenvalue weighted by Gasteiger charge is -2.31. The quantitative estimate of drug-likeness (QED) is 0.528. The van der Waals surface area contributed by atoms with Crippen LogP contribution in [0.25, 0.3) is 0 Å². The first kappa shape index (κ1) is 20.4. The van der Waals surface area contributed by atoms with Gasteiger partial charge in [-0.2, -0.15) is 0 Å². The summed E-state index contributed by atoms with van der Waals surface area (Å²) in [5.74, 6) is 1.83. The Morgan fingerprint density at radius 1 is 0.967 bits per heavy atom. The molecule has 0 aliphatic carbocycles. The molecule has 4 rings (SSSR count). The Balaban J connectivity index is 1.79. The minimum atomic E-state index is -0.326. The number of halogens is 1. The van der Waals surface area contributed by atoms with Gasteiger partial charge in [0.15, 0.2) is 0 Å². The van der Waals surface area contributed by atoms with Crippen LogP contribution in [-0.2, 0) is 0 Å². The zero-order valence-electron chi connectivity index (χ0n) is 16.8. The minimum Gasteiger partial charge on any atom is -0.508 e. The van der Waals surface area contributed by atoms with Crippen LogP contribution in [0.5, 0.6) is 17.2 Å². The van der Waals surface area contributed by atoms with E-state index in [-0.39, 0.29) is 18.0 Å². The fraction of sp³-hybridized carbons (Fsp3) is 0.208. The first-order chi connectivity index (χ1) is 14.6. The zero-order valence-corrected chi connectivity index (χ0v) is 18.4. The number of aromatic hydroxyl groups is 1. The van der Waals surface area contributed by atoms with E-state index < -0.39 is 0 Å². The second kappa shape index (κ2) is 8.90. The first-order valence-electron chi connectivity index (χ1n) is 9.67. The molecule has 2 atom stereocenters. The number of para-hydroxylation sites is 1. The number of methoxy groups -OCH3 is 2. The lowest BCUT2D eigenvalue weighted by Crippen LogP contribution is -2.33. The van der Waals surface area contributed by atoms with Gasteiger partial charge in [0, 0.05) is 33.8 Å². The Morgan fingerprint density at radius 2 is 1.73 bits per heavy atom. The van der Waals surface area contributed by atoms with E-state index in [0.717, 1.165) is 38.4 Å². The molecule has 0 amide bonds. The minimum absolute atomic E-state index is 0.102. The highest BCUT2D eigenvalue weighted by Crippen LogP contribution is 2.37. The third-order valence-electron chi connectivity index (χ3n) is 5.26. The fourth-order valence-corrected chi connectivity index (χ4v) is 4.10. The molecule has 5 nitrogen and oxygen atoms in total. The molecule has 1 heterocycles. The summed E-state index contributed by atoms with van der Waals surface area (Å²) in [4.78, 5) is 5.02. The summed E-state index contributed by atoms with van der Waals surface area (Å²) in [6.45, 7) is 0. The number of hydrogen-bond acceptors (Lipinski definition) is 5. The molecule has 3 aromatic rings. The Kier molecular flexibility index (Phi) is 6.06. The van der Waals surface area contributed by atoms with Crippen molar-refractivity contribution >= 4 is 21.6 Å². The largest absolute Gasteiger partial charge is 0.508 e. The van der Waals surface area contributed by atoms with Crippen LogP contribution in [0.1, 0.15) is 35.3 Å². The Labute approximate surface area is 184 Å². The second-order valence-electron chi connectivity index (χ2n) is 7.08. The van der Waals surface area contributed by atoms with E-state index in [9.17, 15) is 5.11 Å². The molecule has 154 valence electrons. The van der Waals surface area contributed by atoms with Crippen molar-refractivity contribution in [3.8, 4) is 17.2 Å². The monoisotopic (exact) mass is 466 g/mol. The maximum absolute atomic E-state index is 10.5. The third-order valence-corrected chi connectivity index (χ3v) is 5.76. The highest BCUT2D eigenvalue weighted by molar-refractivity contribution is 9.10. The summed E-state index contributed by atoms with van der Waals surface area (Å²) in [6.07, 6.45) is 0.324. The van der Waals surface area contributed by atoms with E-state index in [1.54, 1.807) is 20.3 Å². The molecule has 3 aromatic carbocycles. The predicted octanol–water partition coefficient (Wildman–Crippen LogP) is 5.39. The van der Waals surface area contributed by atoms with Crippen molar-refractivity contribution in [2.75, 3.05) is 14.2 Å². The van der Waals surface area contributed by atoms with E-state index in [0.29, 0.717) is 6.42 Å². The van der Waals surface area contributed by atoms with Gasteiger partial charge >= 0.3 is 0 Å². The summed E-state index contributed by atoms with van der Waals surface area (Å²) in [6, 6.07) is 21.1. The van der Waals surface area contributed by atoms with Crippen LogP contribution in [0, 0.1) is 0 Å². The number of benzene rings is 3. The summed E-state index contributed by atoms with van der Waals surface area (Å²) < 4.78 is 11.8. The molecule has 0 aromatic heterocycles. The van der Waals surface area contributed by atoms with Gasteiger partial charge in [0.05, 0.1) is 14.2 Å². The Morgan fingerprint density at radius 3 is 2.43 bits per heavy atom. The molecule has 0 fully saturated rings. The Bertz CT molecular complexity index is 1070. The number of nitrogens with one attached hydrogen (secondary N) is 1. The first-order valence-corrected chi connectivity index (χ1v) is 10.5. The number of rotatable bonds is 5. The van der Waals surface area contributed by atoms with E-state index in [1.165, 1.54) is 0 Å². The van der Waals surface area contributed by atoms with Crippen LogP contribution in [0.3, 0.4) is 0 Å². The van der Waals surface area contributed by atoms with Crippen molar-refractivity contribution in [1.29, 1.82) is 0 Å². The van der Waals surface area contributed by atoms with Gasteiger partial charge in [-0.1, -0.05) is 34.1 Å². The average molecular weight is 467 g/mol. The molecule has 0 saturated carbocycles. The molecule has 1 aliphatic heterocycles. The summed E-state index contributed by atoms with van der Waals surface area (Å²) >= 11 is 3.55. The number of phenolic OH excluding ortho intramolecular Hbond substituents is 1. The average Bonchev–Trinajstić information content (AvgIpc) is 2.79. The van der Waals surface area contributed by atoms with Gasteiger partial charge < -0.3 is 14.6 Å². The van der Waals surface area contributed by atoms with Crippen molar-refractivity contribution in [3.63, 3.8) is 0 Å². The van der Waals surface area contributed by atoms with E-state index in [1.807, 2.05) is 60.7 Å². The number of aliphatic imine (C=N–C) groups is 1. The molecule has 2 N–H and O–H groups in total.